The molecule has 0 spiro atoms. The molecule has 0 bridgehead atoms. The van der Waals surface area contributed by atoms with Crippen molar-refractivity contribution in [3.63, 3.8) is 0 Å². The molecule has 1 atom stereocenters. The van der Waals surface area contributed by atoms with Crippen LogP contribution in [-0.4, -0.2) is 13.1 Å². The summed E-state index contributed by atoms with van der Waals surface area (Å²) in [6, 6.07) is 6.11. The smallest absolute Gasteiger partial charge is 0.0509 e. The zero-order valence-electron chi connectivity index (χ0n) is 12.8. The van der Waals surface area contributed by atoms with Crippen molar-refractivity contribution in [1.82, 2.24) is 0 Å². The van der Waals surface area contributed by atoms with Gasteiger partial charge in [0.2, 0.25) is 0 Å². The quantitative estimate of drug-likeness (QED) is 0.630. The molecular weight excluding hydrogens is 289 g/mol. The molecule has 1 heterocycles. The van der Waals surface area contributed by atoms with Crippen LogP contribution in [0.4, 0.5) is 5.69 Å². The monoisotopic (exact) mass is 313 g/mol. The van der Waals surface area contributed by atoms with Gasteiger partial charge in [0.15, 0.2) is 0 Å². The lowest BCUT2D eigenvalue weighted by atomic mass is 9.77. The van der Waals surface area contributed by atoms with Gasteiger partial charge in [-0.25, -0.2) is 0 Å². The second kappa shape index (κ2) is 6.58. The molecule has 1 aliphatic rings. The van der Waals surface area contributed by atoms with Gasteiger partial charge >= 0.3 is 0 Å². The van der Waals surface area contributed by atoms with Crippen molar-refractivity contribution in [3.8, 4) is 0 Å². The molecule has 1 aromatic carbocycles. The third kappa shape index (κ3) is 3.62. The van der Waals surface area contributed by atoms with Crippen LogP contribution >= 0.6 is 23.2 Å². The second-order valence-corrected chi connectivity index (χ2v) is 7.53. The first kappa shape index (κ1) is 16.0. The fourth-order valence-corrected chi connectivity index (χ4v) is 3.76. The van der Waals surface area contributed by atoms with Crippen LogP contribution in [0.5, 0.6) is 0 Å². The van der Waals surface area contributed by atoms with Gasteiger partial charge in [-0.3, -0.25) is 0 Å². The summed E-state index contributed by atoms with van der Waals surface area (Å²) in [5.41, 5.74) is 2.70. The van der Waals surface area contributed by atoms with E-state index >= 15 is 0 Å². The molecule has 1 unspecified atom stereocenters. The van der Waals surface area contributed by atoms with E-state index in [2.05, 4.69) is 31.7 Å². The van der Waals surface area contributed by atoms with E-state index in [1.54, 1.807) is 0 Å². The van der Waals surface area contributed by atoms with Crippen molar-refractivity contribution in [1.29, 1.82) is 0 Å². The molecule has 1 saturated heterocycles. The number of alkyl halides is 1. The Morgan fingerprint density at radius 1 is 1.20 bits per heavy atom. The molecule has 1 fully saturated rings. The SMILES string of the molecule is CC(C)(C)C1CCCN(c2cccc(Cl)c2CCl)CC1. The number of hydrogen-bond donors (Lipinski definition) is 0. The highest BCUT2D eigenvalue weighted by molar-refractivity contribution is 6.32. The van der Waals surface area contributed by atoms with E-state index in [1.165, 1.54) is 24.9 Å². The molecule has 20 heavy (non-hydrogen) atoms. The summed E-state index contributed by atoms with van der Waals surface area (Å²) < 4.78 is 0. The average Bonchev–Trinajstić information content (AvgIpc) is 2.63. The normalized spacial score (nSPS) is 20.9. The van der Waals surface area contributed by atoms with Gasteiger partial charge in [-0.15, -0.1) is 11.6 Å². The summed E-state index contributed by atoms with van der Waals surface area (Å²) in [6.07, 6.45) is 3.81. The van der Waals surface area contributed by atoms with Crippen molar-refractivity contribution >= 4 is 28.9 Å². The highest BCUT2D eigenvalue weighted by Crippen LogP contribution is 2.36. The van der Waals surface area contributed by atoms with Gasteiger partial charge in [0, 0.05) is 29.4 Å². The van der Waals surface area contributed by atoms with Crippen molar-refractivity contribution in [2.45, 2.75) is 45.9 Å². The Kier molecular flexibility index (Phi) is 5.25. The predicted octanol–water partition coefficient (Wildman–Crippen LogP) is 5.73. The topological polar surface area (TPSA) is 3.24 Å². The van der Waals surface area contributed by atoms with Gasteiger partial charge in [0.1, 0.15) is 0 Å². The summed E-state index contributed by atoms with van der Waals surface area (Å²) in [7, 11) is 0. The van der Waals surface area contributed by atoms with Gasteiger partial charge in [0.05, 0.1) is 5.88 Å². The molecule has 0 amide bonds. The Balaban J connectivity index is 2.17. The maximum Gasteiger partial charge on any atom is 0.0509 e. The van der Waals surface area contributed by atoms with Gasteiger partial charge in [-0.2, -0.15) is 0 Å². The number of halogens is 2. The van der Waals surface area contributed by atoms with E-state index in [1.807, 2.05) is 12.1 Å². The molecule has 3 heteroatoms. The van der Waals surface area contributed by atoms with Gasteiger partial charge < -0.3 is 4.90 Å². The third-order valence-electron chi connectivity index (χ3n) is 4.52. The van der Waals surface area contributed by atoms with Crippen LogP contribution in [0.3, 0.4) is 0 Å². The molecule has 0 radical (unpaired) electrons. The van der Waals surface area contributed by atoms with Crippen LogP contribution in [0.15, 0.2) is 18.2 Å². The second-order valence-electron chi connectivity index (χ2n) is 6.85. The number of hydrogen-bond acceptors (Lipinski definition) is 1. The lowest BCUT2D eigenvalue weighted by molar-refractivity contribution is 0.220. The Morgan fingerprint density at radius 3 is 2.60 bits per heavy atom. The first-order chi connectivity index (χ1) is 9.43. The van der Waals surface area contributed by atoms with Crippen LogP contribution in [0.25, 0.3) is 0 Å². The van der Waals surface area contributed by atoms with Crippen LogP contribution in [0, 0.1) is 11.3 Å². The van der Waals surface area contributed by atoms with E-state index in [0.717, 1.165) is 29.6 Å². The maximum atomic E-state index is 6.28. The van der Waals surface area contributed by atoms with E-state index in [9.17, 15) is 0 Å². The largest absolute Gasteiger partial charge is 0.371 e. The Bertz CT molecular complexity index is 451. The molecule has 1 aliphatic heterocycles. The Morgan fingerprint density at radius 2 is 1.95 bits per heavy atom. The number of benzene rings is 1. The van der Waals surface area contributed by atoms with Gasteiger partial charge in [-0.1, -0.05) is 38.4 Å². The predicted molar refractivity (Wildman–Crippen MR) is 90.0 cm³/mol. The molecule has 1 nitrogen and oxygen atoms in total. The number of anilines is 1. The molecular formula is C17H25Cl2N. The molecule has 0 aliphatic carbocycles. The lowest BCUT2D eigenvalue weighted by Gasteiger charge is -2.30. The van der Waals surface area contributed by atoms with Crippen LogP contribution in [-0.2, 0) is 5.88 Å². The number of rotatable bonds is 2. The molecule has 0 N–H and O–H groups in total. The van der Waals surface area contributed by atoms with Crippen molar-refractivity contribution in [2.24, 2.45) is 11.3 Å². The molecule has 2 rings (SSSR count). The van der Waals surface area contributed by atoms with Crippen LogP contribution in [0.1, 0.15) is 45.6 Å². The highest BCUT2D eigenvalue weighted by Gasteiger charge is 2.27. The zero-order chi connectivity index (χ0) is 14.8. The average molecular weight is 314 g/mol. The number of nitrogens with zero attached hydrogens (tertiary/aromatic N) is 1. The van der Waals surface area contributed by atoms with Gasteiger partial charge in [-0.05, 0) is 42.7 Å². The van der Waals surface area contributed by atoms with E-state index in [0.29, 0.717) is 11.3 Å². The zero-order valence-corrected chi connectivity index (χ0v) is 14.3. The first-order valence-corrected chi connectivity index (χ1v) is 8.43. The van der Waals surface area contributed by atoms with E-state index in [-0.39, 0.29) is 0 Å². The van der Waals surface area contributed by atoms with Crippen molar-refractivity contribution < 1.29 is 0 Å². The lowest BCUT2D eigenvalue weighted by Crippen LogP contribution is -2.26. The van der Waals surface area contributed by atoms with Crippen LogP contribution in [0.2, 0.25) is 5.02 Å². The maximum absolute atomic E-state index is 6.28. The molecule has 112 valence electrons. The third-order valence-corrected chi connectivity index (χ3v) is 5.14. The minimum atomic E-state index is 0.402. The molecule has 0 aromatic heterocycles. The summed E-state index contributed by atoms with van der Waals surface area (Å²) in [6.45, 7) is 9.29. The van der Waals surface area contributed by atoms with Crippen LogP contribution < -0.4 is 4.90 Å². The Hall–Kier alpha value is -0.400. The van der Waals surface area contributed by atoms with Crippen molar-refractivity contribution in [3.05, 3.63) is 28.8 Å². The first-order valence-electron chi connectivity index (χ1n) is 7.52. The summed E-state index contributed by atoms with van der Waals surface area (Å²) in [5.74, 6) is 1.28. The minimum absolute atomic E-state index is 0.402. The van der Waals surface area contributed by atoms with Gasteiger partial charge in [0.25, 0.3) is 0 Å². The fraction of sp³-hybridized carbons (Fsp3) is 0.647. The summed E-state index contributed by atoms with van der Waals surface area (Å²) in [5, 5.41) is 0.786. The molecule has 1 aromatic rings. The standard InChI is InChI=1S/C17H25Cl2N/c1-17(2,3)13-6-5-10-20(11-9-13)16-8-4-7-15(19)14(16)12-18/h4,7-8,13H,5-6,9-12H2,1-3H3. The van der Waals surface area contributed by atoms with E-state index in [4.69, 9.17) is 23.2 Å². The summed E-state index contributed by atoms with van der Waals surface area (Å²) >= 11 is 12.4. The minimum Gasteiger partial charge on any atom is -0.371 e. The molecule has 0 saturated carbocycles. The highest BCUT2D eigenvalue weighted by atomic mass is 35.5. The fourth-order valence-electron chi connectivity index (χ4n) is 3.18. The Labute approximate surface area is 133 Å². The van der Waals surface area contributed by atoms with E-state index < -0.39 is 0 Å². The van der Waals surface area contributed by atoms with Crippen molar-refractivity contribution in [2.75, 3.05) is 18.0 Å². The summed E-state index contributed by atoms with van der Waals surface area (Å²) in [4.78, 5) is 2.47.